The third-order valence-corrected chi connectivity index (χ3v) is 9.79. The molecule has 0 unspecified atom stereocenters. The van der Waals surface area contributed by atoms with Crippen LogP contribution < -0.4 is 15.9 Å². The number of likely N-dealkylation sites (tertiary alicyclic amines) is 1. The summed E-state index contributed by atoms with van der Waals surface area (Å²) >= 11 is 0. The number of sulfonamides is 1. The molecule has 14 heteroatoms. The highest BCUT2D eigenvalue weighted by Gasteiger charge is 2.40. The van der Waals surface area contributed by atoms with Crippen LogP contribution in [-0.4, -0.2) is 112 Å². The van der Waals surface area contributed by atoms with Gasteiger partial charge in [0.1, 0.15) is 18.9 Å². The van der Waals surface area contributed by atoms with Gasteiger partial charge in [-0.1, -0.05) is 30.3 Å². The maximum Gasteiger partial charge on any atom is 0.242 e. The summed E-state index contributed by atoms with van der Waals surface area (Å²) in [5.41, 5.74) is 0. The van der Waals surface area contributed by atoms with Crippen LogP contribution in [0.15, 0.2) is 52.5 Å². The van der Waals surface area contributed by atoms with Gasteiger partial charge in [-0.05, 0) is 54.5 Å². The van der Waals surface area contributed by atoms with Crippen molar-refractivity contribution in [1.29, 1.82) is 0 Å². The number of amides is 3. The Balaban J connectivity index is 1.32. The number of rotatable bonds is 12. The van der Waals surface area contributed by atoms with Gasteiger partial charge >= 0.3 is 0 Å². The largest absolute Gasteiger partial charge is 0.378 e. The molecule has 13 nitrogen and oxygen atoms in total. The van der Waals surface area contributed by atoms with Gasteiger partial charge in [-0.3, -0.25) is 14.4 Å². The lowest BCUT2D eigenvalue weighted by Gasteiger charge is -2.32. The molecule has 2 aliphatic heterocycles. The number of hydrazone groups is 1. The fourth-order valence-corrected chi connectivity index (χ4v) is 7.00. The number of ether oxygens (including phenoxy) is 1. The maximum absolute atomic E-state index is 14.0. The maximum atomic E-state index is 14.0. The quantitative estimate of drug-likeness (QED) is 0.132. The molecule has 2 heterocycles. The van der Waals surface area contributed by atoms with Gasteiger partial charge in [0.2, 0.25) is 27.7 Å². The van der Waals surface area contributed by atoms with E-state index in [2.05, 4.69) is 15.1 Å². The van der Waals surface area contributed by atoms with Crippen LogP contribution in [-0.2, 0) is 29.1 Å². The van der Waals surface area contributed by atoms with Crippen LogP contribution >= 0.6 is 0 Å². The predicted octanol–water partition coefficient (Wildman–Crippen LogP) is 0.457. The van der Waals surface area contributed by atoms with Gasteiger partial charge in [0, 0.05) is 38.8 Å². The zero-order valence-corrected chi connectivity index (χ0v) is 25.6. The minimum atomic E-state index is -4.20. The molecule has 44 heavy (non-hydrogen) atoms. The predicted molar refractivity (Wildman–Crippen MR) is 165 cm³/mol. The van der Waals surface area contributed by atoms with Crippen molar-refractivity contribution in [3.63, 3.8) is 0 Å². The molecule has 3 fully saturated rings. The average Bonchev–Trinajstić information content (AvgIpc) is 3.88. The zero-order valence-electron chi connectivity index (χ0n) is 24.8. The van der Waals surface area contributed by atoms with Crippen LogP contribution in [0.4, 0.5) is 0 Å². The lowest BCUT2D eigenvalue weighted by Crippen LogP contribution is -2.54. The first-order valence-corrected chi connectivity index (χ1v) is 16.6. The molecule has 1 saturated carbocycles. The Morgan fingerprint density at radius 2 is 1.82 bits per heavy atom. The normalized spacial score (nSPS) is 20.0. The number of benzene rings is 2. The number of nitrogens with two attached hydrogens (primary N) is 1. The SMILES string of the molecule is NN=CN1CCC[C@@H](CNC(=O)C[C@H](NS(=O)(=O)c2ccc3ccccc3c2)C(=O)N(CC(=O)N2CCOCC2)C2CC2)C1. The fraction of sp³-hybridized carbons (Fsp3) is 0.533. The molecule has 0 spiro atoms. The molecule has 0 radical (unpaired) electrons. The van der Waals surface area contributed by atoms with E-state index < -0.39 is 34.3 Å². The van der Waals surface area contributed by atoms with E-state index in [-0.39, 0.29) is 29.3 Å². The van der Waals surface area contributed by atoms with E-state index in [0.717, 1.165) is 30.2 Å². The van der Waals surface area contributed by atoms with Crippen molar-refractivity contribution in [1.82, 2.24) is 24.7 Å². The summed E-state index contributed by atoms with van der Waals surface area (Å²) in [6.45, 7) is 3.41. The molecule has 3 amide bonds. The Morgan fingerprint density at radius 1 is 1.07 bits per heavy atom. The summed E-state index contributed by atoms with van der Waals surface area (Å²) < 4.78 is 35.1. The standard InChI is InChI=1S/C30H41N7O6S/c31-33-21-35-11-3-4-22(19-35)18-32-28(38)17-27(34-44(41,42)26-10-7-23-5-1-2-6-24(23)16-26)30(40)37(25-8-9-25)20-29(39)36-12-14-43-15-13-36/h1-2,5-7,10,16,21-22,25,27,34H,3-4,8-9,11-15,17-20,31H2,(H,32,38)/t22-,27-/m0/s1. The second-order valence-corrected chi connectivity index (χ2v) is 13.4. The molecule has 2 saturated heterocycles. The van der Waals surface area contributed by atoms with Crippen molar-refractivity contribution in [2.24, 2.45) is 16.9 Å². The summed E-state index contributed by atoms with van der Waals surface area (Å²) in [6.07, 6.45) is 4.43. The van der Waals surface area contributed by atoms with E-state index in [1.54, 1.807) is 23.4 Å². The highest BCUT2D eigenvalue weighted by atomic mass is 32.2. The van der Waals surface area contributed by atoms with Gasteiger partial charge in [0.05, 0.1) is 24.5 Å². The first-order chi connectivity index (χ1) is 21.2. The Kier molecular flexibility index (Phi) is 10.3. The zero-order chi connectivity index (χ0) is 31.1. The van der Waals surface area contributed by atoms with Crippen LogP contribution in [0, 0.1) is 5.92 Å². The third kappa shape index (κ3) is 8.24. The average molecular weight is 628 g/mol. The molecule has 2 aromatic carbocycles. The second kappa shape index (κ2) is 14.4. The summed E-state index contributed by atoms with van der Waals surface area (Å²) in [4.78, 5) is 45.4. The highest BCUT2D eigenvalue weighted by Crippen LogP contribution is 2.28. The van der Waals surface area contributed by atoms with Crippen molar-refractivity contribution >= 4 is 44.9 Å². The Bertz CT molecular complexity index is 1480. The molecular formula is C30H41N7O6S. The number of piperidine rings is 1. The van der Waals surface area contributed by atoms with Gasteiger partial charge in [-0.15, -0.1) is 0 Å². The third-order valence-electron chi connectivity index (χ3n) is 8.32. The minimum Gasteiger partial charge on any atom is -0.378 e. The van der Waals surface area contributed by atoms with Crippen LogP contribution in [0.1, 0.15) is 32.1 Å². The number of hydrogen-bond donors (Lipinski definition) is 3. The number of nitrogens with one attached hydrogen (secondary N) is 2. The first-order valence-electron chi connectivity index (χ1n) is 15.1. The van der Waals surface area contributed by atoms with E-state index >= 15 is 0 Å². The van der Waals surface area contributed by atoms with E-state index in [1.165, 1.54) is 11.0 Å². The molecule has 0 aromatic heterocycles. The number of carbonyl (C=O) groups excluding carboxylic acids is 3. The second-order valence-electron chi connectivity index (χ2n) is 11.6. The smallest absolute Gasteiger partial charge is 0.242 e. The van der Waals surface area contributed by atoms with E-state index in [9.17, 15) is 22.8 Å². The summed E-state index contributed by atoms with van der Waals surface area (Å²) in [7, 11) is -4.20. The van der Waals surface area contributed by atoms with Crippen molar-refractivity contribution < 1.29 is 27.5 Å². The number of morpholine rings is 1. The molecule has 1 aliphatic carbocycles. The molecule has 3 aliphatic rings. The van der Waals surface area contributed by atoms with Crippen LogP contribution in [0.2, 0.25) is 0 Å². The van der Waals surface area contributed by atoms with Gasteiger partial charge < -0.3 is 30.6 Å². The summed E-state index contributed by atoms with van der Waals surface area (Å²) in [5, 5.41) is 8.08. The van der Waals surface area contributed by atoms with Crippen molar-refractivity contribution in [3.05, 3.63) is 42.5 Å². The minimum absolute atomic E-state index is 0.0133. The van der Waals surface area contributed by atoms with Crippen LogP contribution in [0.25, 0.3) is 10.8 Å². The number of hydrogen-bond acceptors (Lipinski definition) is 8. The molecule has 4 N–H and O–H groups in total. The van der Waals surface area contributed by atoms with Crippen LogP contribution in [0.5, 0.6) is 0 Å². The van der Waals surface area contributed by atoms with E-state index in [0.29, 0.717) is 52.2 Å². The monoisotopic (exact) mass is 627 g/mol. The van der Waals surface area contributed by atoms with Crippen LogP contribution in [0.3, 0.4) is 0 Å². The molecule has 2 atom stereocenters. The summed E-state index contributed by atoms with van der Waals surface area (Å²) in [6, 6.07) is 10.5. The lowest BCUT2D eigenvalue weighted by atomic mass is 9.98. The van der Waals surface area contributed by atoms with E-state index in [4.69, 9.17) is 10.6 Å². The molecule has 2 aromatic rings. The van der Waals surface area contributed by atoms with Crippen molar-refractivity contribution in [3.8, 4) is 0 Å². The fourth-order valence-electron chi connectivity index (χ4n) is 5.78. The lowest BCUT2D eigenvalue weighted by molar-refractivity contribution is -0.144. The van der Waals surface area contributed by atoms with E-state index in [1.807, 2.05) is 29.2 Å². The molecule has 238 valence electrons. The highest BCUT2D eigenvalue weighted by molar-refractivity contribution is 7.89. The topological polar surface area (TPSA) is 167 Å². The summed E-state index contributed by atoms with van der Waals surface area (Å²) in [5.74, 6) is 4.18. The van der Waals surface area contributed by atoms with Gasteiger partial charge in [-0.25, -0.2) is 8.42 Å². The molecular weight excluding hydrogens is 586 g/mol. The Morgan fingerprint density at radius 3 is 2.55 bits per heavy atom. The first kappa shape index (κ1) is 31.7. The van der Waals surface area contributed by atoms with Gasteiger partial charge in [0.25, 0.3) is 0 Å². The van der Waals surface area contributed by atoms with Gasteiger partial charge in [-0.2, -0.15) is 9.82 Å². The Labute approximate surface area is 257 Å². The van der Waals surface area contributed by atoms with Gasteiger partial charge in [0.15, 0.2) is 0 Å². The number of nitrogens with zero attached hydrogens (tertiary/aromatic N) is 4. The molecule has 0 bridgehead atoms. The Hall–Kier alpha value is -3.75. The number of carbonyl (C=O) groups is 3. The van der Waals surface area contributed by atoms with Crippen molar-refractivity contribution in [2.45, 2.75) is 49.1 Å². The molecule has 5 rings (SSSR count). The number of fused-ring (bicyclic) bond motifs is 1. The van der Waals surface area contributed by atoms with Crippen molar-refractivity contribution in [2.75, 3.05) is 52.5 Å².